The standard InChI is InChI=1S/C26H21ClN2O4S/c1-3-4-9-32-23-7-5-16(11-24(23)31-2)10-18(14-28)25-29-21(15-34-25)20-13-17-12-19(27)6-8-22(17)33-26(20)30/h5-8,10-13,15H,3-4,9H2,1-2H3. The van der Waals surface area contributed by atoms with Gasteiger partial charge in [0.25, 0.3) is 0 Å². The Balaban J connectivity index is 1.65. The number of methoxy groups -OCH3 is 1. The van der Waals surface area contributed by atoms with Gasteiger partial charge in [-0.3, -0.25) is 0 Å². The van der Waals surface area contributed by atoms with Crippen molar-refractivity contribution in [2.24, 2.45) is 0 Å². The first-order chi connectivity index (χ1) is 16.5. The fraction of sp³-hybridized carbons (Fsp3) is 0.192. The highest BCUT2D eigenvalue weighted by Crippen LogP contribution is 2.32. The number of halogens is 1. The van der Waals surface area contributed by atoms with Crippen LogP contribution in [0.15, 0.2) is 57.1 Å². The van der Waals surface area contributed by atoms with Gasteiger partial charge in [0.1, 0.15) is 16.7 Å². The van der Waals surface area contributed by atoms with Crippen LogP contribution in [0.5, 0.6) is 11.5 Å². The molecule has 0 N–H and O–H groups in total. The van der Waals surface area contributed by atoms with Gasteiger partial charge in [0.15, 0.2) is 11.5 Å². The number of hydrogen-bond donors (Lipinski definition) is 0. The third-order valence-corrected chi connectivity index (χ3v) is 6.19. The zero-order chi connectivity index (χ0) is 24.1. The predicted octanol–water partition coefficient (Wildman–Crippen LogP) is 6.82. The van der Waals surface area contributed by atoms with Crippen molar-refractivity contribution < 1.29 is 13.9 Å². The van der Waals surface area contributed by atoms with Crippen LogP contribution in [-0.4, -0.2) is 18.7 Å². The van der Waals surface area contributed by atoms with Crippen LogP contribution in [0.1, 0.15) is 30.3 Å². The molecule has 2 aromatic carbocycles. The Morgan fingerprint density at radius 3 is 2.85 bits per heavy atom. The van der Waals surface area contributed by atoms with Gasteiger partial charge in [-0.15, -0.1) is 11.3 Å². The summed E-state index contributed by atoms with van der Waals surface area (Å²) in [5.74, 6) is 1.25. The highest BCUT2D eigenvalue weighted by molar-refractivity contribution is 7.11. The molecule has 0 spiro atoms. The lowest BCUT2D eigenvalue weighted by molar-refractivity contribution is 0.288. The van der Waals surface area contributed by atoms with E-state index in [1.807, 2.05) is 18.2 Å². The van der Waals surface area contributed by atoms with E-state index in [1.165, 1.54) is 11.3 Å². The topological polar surface area (TPSA) is 85.4 Å². The molecule has 0 saturated carbocycles. The Hall–Kier alpha value is -3.60. The number of hydrogen-bond acceptors (Lipinski definition) is 7. The highest BCUT2D eigenvalue weighted by atomic mass is 35.5. The van der Waals surface area contributed by atoms with Crippen LogP contribution >= 0.6 is 22.9 Å². The van der Waals surface area contributed by atoms with E-state index >= 15 is 0 Å². The lowest BCUT2D eigenvalue weighted by Crippen LogP contribution is -2.02. The first-order valence-electron chi connectivity index (χ1n) is 10.6. The van der Waals surface area contributed by atoms with E-state index in [9.17, 15) is 10.1 Å². The summed E-state index contributed by atoms with van der Waals surface area (Å²) in [5.41, 5.74) is 1.83. The average Bonchev–Trinajstić information content (AvgIpc) is 3.33. The summed E-state index contributed by atoms with van der Waals surface area (Å²) in [6, 6.07) is 14.4. The molecule has 2 aromatic heterocycles. The molecule has 0 aliphatic heterocycles. The largest absolute Gasteiger partial charge is 0.493 e. The van der Waals surface area contributed by atoms with Crippen molar-refractivity contribution in [3.63, 3.8) is 0 Å². The van der Waals surface area contributed by atoms with Gasteiger partial charge in [0.2, 0.25) is 0 Å². The number of nitrogens with zero attached hydrogens (tertiary/aromatic N) is 2. The van der Waals surface area contributed by atoms with Crippen molar-refractivity contribution in [2.45, 2.75) is 19.8 Å². The molecule has 0 saturated heterocycles. The predicted molar refractivity (Wildman–Crippen MR) is 135 cm³/mol. The van der Waals surface area contributed by atoms with Gasteiger partial charge in [-0.1, -0.05) is 31.0 Å². The third kappa shape index (κ3) is 5.14. The van der Waals surface area contributed by atoms with Gasteiger partial charge in [-0.25, -0.2) is 9.78 Å². The van der Waals surface area contributed by atoms with E-state index in [4.69, 9.17) is 25.5 Å². The van der Waals surface area contributed by atoms with Gasteiger partial charge < -0.3 is 13.9 Å². The Morgan fingerprint density at radius 2 is 2.09 bits per heavy atom. The van der Waals surface area contributed by atoms with Crippen molar-refractivity contribution in [1.82, 2.24) is 4.98 Å². The van der Waals surface area contributed by atoms with E-state index in [0.717, 1.165) is 18.4 Å². The van der Waals surface area contributed by atoms with Crippen LogP contribution in [0.4, 0.5) is 0 Å². The monoisotopic (exact) mass is 492 g/mol. The van der Waals surface area contributed by atoms with Crippen molar-refractivity contribution in [1.29, 1.82) is 5.26 Å². The quantitative estimate of drug-likeness (QED) is 0.152. The first-order valence-corrected chi connectivity index (χ1v) is 11.9. The SMILES string of the molecule is CCCCOc1ccc(C=C(C#N)c2nc(-c3cc4cc(Cl)ccc4oc3=O)cs2)cc1OC. The van der Waals surface area contributed by atoms with Crippen molar-refractivity contribution in [3.8, 4) is 28.8 Å². The minimum absolute atomic E-state index is 0.310. The summed E-state index contributed by atoms with van der Waals surface area (Å²) in [4.78, 5) is 17.0. The summed E-state index contributed by atoms with van der Waals surface area (Å²) in [6.45, 7) is 2.71. The molecule has 0 aliphatic rings. The van der Waals surface area contributed by atoms with Crippen molar-refractivity contribution in [3.05, 3.63) is 73.9 Å². The van der Waals surface area contributed by atoms with Crippen molar-refractivity contribution >= 4 is 45.6 Å². The molecule has 4 rings (SSSR count). The molecule has 0 aliphatic carbocycles. The number of nitriles is 1. The van der Waals surface area contributed by atoms with Crippen LogP contribution in [0.25, 0.3) is 33.9 Å². The van der Waals surface area contributed by atoms with Gasteiger partial charge >= 0.3 is 5.63 Å². The minimum atomic E-state index is -0.502. The van der Waals surface area contributed by atoms with Crippen molar-refractivity contribution in [2.75, 3.05) is 13.7 Å². The molecule has 0 unspecified atom stereocenters. The highest BCUT2D eigenvalue weighted by Gasteiger charge is 2.14. The van der Waals surface area contributed by atoms with Gasteiger partial charge in [0, 0.05) is 15.8 Å². The first kappa shape index (κ1) is 23.6. The summed E-state index contributed by atoms with van der Waals surface area (Å²) in [7, 11) is 1.58. The second kappa shape index (κ2) is 10.6. The Morgan fingerprint density at radius 1 is 1.24 bits per heavy atom. The van der Waals surface area contributed by atoms with E-state index in [2.05, 4.69) is 18.0 Å². The maximum atomic E-state index is 12.5. The molecular formula is C26H21ClN2O4S. The van der Waals surface area contributed by atoms with E-state index in [1.54, 1.807) is 42.8 Å². The fourth-order valence-electron chi connectivity index (χ4n) is 3.32. The van der Waals surface area contributed by atoms with E-state index in [-0.39, 0.29) is 0 Å². The van der Waals surface area contributed by atoms with E-state index < -0.39 is 5.63 Å². The van der Waals surface area contributed by atoms with Gasteiger partial charge in [-0.05, 0) is 54.5 Å². The fourth-order valence-corrected chi connectivity index (χ4v) is 4.29. The molecule has 0 bridgehead atoms. The van der Waals surface area contributed by atoms with Crippen LogP contribution < -0.4 is 15.1 Å². The van der Waals surface area contributed by atoms with Gasteiger partial charge in [0.05, 0.1) is 30.5 Å². The normalized spacial score (nSPS) is 11.4. The molecular weight excluding hydrogens is 472 g/mol. The number of thiazole rings is 1. The molecule has 4 aromatic rings. The molecule has 0 atom stereocenters. The number of rotatable bonds is 8. The van der Waals surface area contributed by atoms with Crippen LogP contribution in [0.2, 0.25) is 5.02 Å². The zero-order valence-electron chi connectivity index (χ0n) is 18.6. The summed E-state index contributed by atoms with van der Waals surface area (Å²) >= 11 is 7.34. The summed E-state index contributed by atoms with van der Waals surface area (Å²) < 4.78 is 16.6. The lowest BCUT2D eigenvalue weighted by atomic mass is 10.1. The second-order valence-corrected chi connectivity index (χ2v) is 8.74. The number of allylic oxidation sites excluding steroid dienone is 1. The molecule has 2 heterocycles. The van der Waals surface area contributed by atoms with Gasteiger partial charge in [-0.2, -0.15) is 5.26 Å². The molecule has 172 valence electrons. The molecule has 0 amide bonds. The van der Waals surface area contributed by atoms with Crippen LogP contribution in [-0.2, 0) is 0 Å². The number of aromatic nitrogens is 1. The molecule has 8 heteroatoms. The maximum Gasteiger partial charge on any atom is 0.345 e. The molecule has 0 radical (unpaired) electrons. The molecule has 0 fully saturated rings. The summed E-state index contributed by atoms with van der Waals surface area (Å²) in [6.07, 6.45) is 3.72. The maximum absolute atomic E-state index is 12.5. The Labute approximate surface area is 205 Å². The minimum Gasteiger partial charge on any atom is -0.493 e. The Kier molecular flexibility index (Phi) is 7.31. The lowest BCUT2D eigenvalue weighted by Gasteiger charge is -2.11. The average molecular weight is 493 g/mol. The summed E-state index contributed by atoms with van der Waals surface area (Å²) in [5, 5.41) is 13.2. The molecule has 6 nitrogen and oxygen atoms in total. The second-order valence-electron chi connectivity index (χ2n) is 7.45. The smallest absolute Gasteiger partial charge is 0.345 e. The zero-order valence-corrected chi connectivity index (χ0v) is 20.2. The van der Waals surface area contributed by atoms with Crippen LogP contribution in [0.3, 0.4) is 0 Å². The number of unbranched alkanes of at least 4 members (excludes halogenated alkanes) is 1. The number of ether oxygens (including phenoxy) is 2. The number of fused-ring (bicyclic) bond motifs is 1. The Bertz CT molecular complexity index is 1470. The van der Waals surface area contributed by atoms with Crippen LogP contribution in [0, 0.1) is 11.3 Å². The molecule has 34 heavy (non-hydrogen) atoms. The van der Waals surface area contributed by atoms with E-state index in [0.29, 0.717) is 55.9 Å². The third-order valence-electron chi connectivity index (χ3n) is 5.08. The number of benzene rings is 2.